The summed E-state index contributed by atoms with van der Waals surface area (Å²) in [5.74, 6) is -1.34. The zero-order valence-corrected chi connectivity index (χ0v) is 16.8. The molecule has 1 aromatic heterocycles. The topological polar surface area (TPSA) is 70.5 Å². The van der Waals surface area contributed by atoms with Crippen LogP contribution in [0.1, 0.15) is 49.2 Å². The second kappa shape index (κ2) is 8.21. The summed E-state index contributed by atoms with van der Waals surface area (Å²) in [7, 11) is 1.82. The van der Waals surface area contributed by atoms with E-state index in [2.05, 4.69) is 0 Å². The Balaban J connectivity index is 1.75. The molecule has 5 nitrogen and oxygen atoms in total. The number of carbonyl (C=O) groups excluding carboxylic acids is 1. The summed E-state index contributed by atoms with van der Waals surface area (Å²) in [5, 5.41) is 10.2. The largest absolute Gasteiger partial charge is 0.481 e. The molecule has 2 aromatic rings. The molecule has 1 fully saturated rings. The van der Waals surface area contributed by atoms with Crippen molar-refractivity contribution in [1.82, 2.24) is 9.88 Å². The maximum atomic E-state index is 13.0. The molecule has 1 aromatic carbocycles. The van der Waals surface area contributed by atoms with Gasteiger partial charge in [0.05, 0.1) is 22.5 Å². The van der Waals surface area contributed by atoms with Crippen molar-refractivity contribution in [1.29, 1.82) is 0 Å². The van der Waals surface area contributed by atoms with Crippen LogP contribution in [0.3, 0.4) is 0 Å². The van der Waals surface area contributed by atoms with Crippen LogP contribution in [0.15, 0.2) is 30.3 Å². The van der Waals surface area contributed by atoms with Crippen LogP contribution in [-0.4, -0.2) is 33.9 Å². The summed E-state index contributed by atoms with van der Waals surface area (Å²) in [6.07, 6.45) is 2.69. The van der Waals surface area contributed by atoms with Crippen LogP contribution in [0.25, 0.3) is 10.6 Å². The van der Waals surface area contributed by atoms with Crippen molar-refractivity contribution < 1.29 is 14.7 Å². The molecule has 3 atom stereocenters. The average molecular weight is 387 g/mol. The third-order valence-corrected chi connectivity index (χ3v) is 6.91. The van der Waals surface area contributed by atoms with Crippen LogP contribution in [-0.2, 0) is 9.59 Å². The smallest absolute Gasteiger partial charge is 0.306 e. The number of carboxylic acid groups (broad SMARTS) is 1. The number of hydrogen-bond donors (Lipinski definition) is 1. The van der Waals surface area contributed by atoms with Gasteiger partial charge in [-0.2, -0.15) is 0 Å². The number of aryl methyl sites for hydroxylation is 1. The quantitative estimate of drug-likeness (QED) is 0.820. The third-order valence-electron chi connectivity index (χ3n) is 5.53. The third kappa shape index (κ3) is 4.21. The van der Waals surface area contributed by atoms with Gasteiger partial charge in [0.25, 0.3) is 0 Å². The zero-order valence-electron chi connectivity index (χ0n) is 16.0. The van der Waals surface area contributed by atoms with Crippen molar-refractivity contribution in [3.8, 4) is 10.6 Å². The highest BCUT2D eigenvalue weighted by Gasteiger charge is 2.34. The first-order valence-electron chi connectivity index (χ1n) is 9.40. The Morgan fingerprint density at radius 3 is 2.56 bits per heavy atom. The molecule has 1 amide bonds. The molecule has 0 bridgehead atoms. The zero-order chi connectivity index (χ0) is 19.6. The van der Waals surface area contributed by atoms with Gasteiger partial charge in [-0.25, -0.2) is 4.98 Å². The molecule has 1 N–H and O–H groups in total. The van der Waals surface area contributed by atoms with Crippen LogP contribution in [0.5, 0.6) is 0 Å². The van der Waals surface area contributed by atoms with Gasteiger partial charge in [0.2, 0.25) is 5.91 Å². The molecule has 0 saturated heterocycles. The Morgan fingerprint density at radius 2 is 1.89 bits per heavy atom. The normalized spacial score (nSPS) is 20.9. The standard InChI is InChI=1S/C21H26N2O3S/c1-13-18(27-19(22-13)15-8-5-4-6-9-15)14(2)23(3)20(24)16-10-7-11-17(12-16)21(25)26/h4-6,8-9,14,16-17H,7,10-12H2,1-3H3,(H,25,26). The van der Waals surface area contributed by atoms with Gasteiger partial charge in [-0.15, -0.1) is 11.3 Å². The summed E-state index contributed by atoms with van der Waals surface area (Å²) in [4.78, 5) is 31.8. The Morgan fingerprint density at radius 1 is 1.22 bits per heavy atom. The van der Waals surface area contributed by atoms with Crippen molar-refractivity contribution in [2.75, 3.05) is 7.05 Å². The predicted octanol–water partition coefficient (Wildman–Crippen LogP) is 4.53. The minimum Gasteiger partial charge on any atom is -0.481 e. The lowest BCUT2D eigenvalue weighted by atomic mass is 9.80. The van der Waals surface area contributed by atoms with Gasteiger partial charge in [-0.05, 0) is 33.1 Å². The first kappa shape index (κ1) is 19.5. The first-order valence-corrected chi connectivity index (χ1v) is 10.2. The van der Waals surface area contributed by atoms with E-state index in [4.69, 9.17) is 4.98 Å². The van der Waals surface area contributed by atoms with Crippen molar-refractivity contribution >= 4 is 23.2 Å². The lowest BCUT2D eigenvalue weighted by Crippen LogP contribution is -2.38. The number of amides is 1. The second-order valence-electron chi connectivity index (χ2n) is 7.36. The van der Waals surface area contributed by atoms with Crippen LogP contribution in [0.4, 0.5) is 0 Å². The van der Waals surface area contributed by atoms with Gasteiger partial charge >= 0.3 is 5.97 Å². The van der Waals surface area contributed by atoms with Gasteiger partial charge in [0.15, 0.2) is 0 Å². The van der Waals surface area contributed by atoms with E-state index in [0.717, 1.165) is 34.0 Å². The molecule has 1 heterocycles. The number of aliphatic carboxylic acids is 1. The molecule has 0 aliphatic heterocycles. The lowest BCUT2D eigenvalue weighted by molar-refractivity contribution is -0.145. The van der Waals surface area contributed by atoms with Crippen molar-refractivity contribution in [3.05, 3.63) is 40.9 Å². The monoisotopic (exact) mass is 386 g/mol. The van der Waals surface area contributed by atoms with E-state index in [1.807, 2.05) is 51.2 Å². The van der Waals surface area contributed by atoms with E-state index < -0.39 is 11.9 Å². The molecule has 0 spiro atoms. The van der Waals surface area contributed by atoms with Gasteiger partial charge in [-0.1, -0.05) is 36.8 Å². The number of thiazole rings is 1. The van der Waals surface area contributed by atoms with E-state index >= 15 is 0 Å². The second-order valence-corrected chi connectivity index (χ2v) is 8.39. The minimum atomic E-state index is -0.783. The maximum Gasteiger partial charge on any atom is 0.306 e. The highest BCUT2D eigenvalue weighted by Crippen LogP contribution is 2.36. The summed E-state index contributed by atoms with van der Waals surface area (Å²) >= 11 is 1.62. The fourth-order valence-electron chi connectivity index (χ4n) is 3.79. The highest BCUT2D eigenvalue weighted by atomic mass is 32.1. The Kier molecular flexibility index (Phi) is 5.95. The molecule has 27 heavy (non-hydrogen) atoms. The summed E-state index contributed by atoms with van der Waals surface area (Å²) < 4.78 is 0. The molecule has 1 aliphatic rings. The minimum absolute atomic E-state index is 0.0440. The number of aromatic nitrogens is 1. The summed E-state index contributed by atoms with van der Waals surface area (Å²) in [6.45, 7) is 4.00. The molecule has 3 unspecified atom stereocenters. The van der Waals surface area contributed by atoms with E-state index in [-0.39, 0.29) is 17.9 Å². The van der Waals surface area contributed by atoms with E-state index in [1.54, 1.807) is 16.2 Å². The number of carboxylic acids is 1. The summed E-state index contributed by atoms with van der Waals surface area (Å²) in [5.41, 5.74) is 2.02. The molecular formula is C21H26N2O3S. The Labute approximate surface area is 164 Å². The van der Waals surface area contributed by atoms with Crippen molar-refractivity contribution in [3.63, 3.8) is 0 Å². The molecule has 1 saturated carbocycles. The molecule has 3 rings (SSSR count). The van der Waals surface area contributed by atoms with E-state index in [0.29, 0.717) is 12.8 Å². The number of rotatable bonds is 5. The lowest BCUT2D eigenvalue weighted by Gasteiger charge is -2.32. The molecule has 6 heteroatoms. The maximum absolute atomic E-state index is 13.0. The van der Waals surface area contributed by atoms with E-state index in [1.165, 1.54) is 0 Å². The summed E-state index contributed by atoms with van der Waals surface area (Å²) in [6, 6.07) is 9.96. The van der Waals surface area contributed by atoms with Gasteiger partial charge < -0.3 is 10.0 Å². The fraction of sp³-hybridized carbons (Fsp3) is 0.476. The Hall–Kier alpha value is -2.21. The number of hydrogen-bond acceptors (Lipinski definition) is 4. The van der Waals surface area contributed by atoms with Gasteiger partial charge in [0.1, 0.15) is 5.01 Å². The SMILES string of the molecule is Cc1nc(-c2ccccc2)sc1C(C)N(C)C(=O)C1CCCC(C(=O)O)C1. The van der Waals surface area contributed by atoms with Crippen LogP contribution < -0.4 is 0 Å². The van der Waals surface area contributed by atoms with Crippen molar-refractivity contribution in [2.45, 2.75) is 45.6 Å². The van der Waals surface area contributed by atoms with Gasteiger partial charge in [-0.3, -0.25) is 9.59 Å². The molecule has 0 radical (unpaired) electrons. The van der Waals surface area contributed by atoms with Crippen molar-refractivity contribution in [2.24, 2.45) is 11.8 Å². The van der Waals surface area contributed by atoms with E-state index in [9.17, 15) is 14.7 Å². The Bertz CT molecular complexity index is 818. The molecule has 1 aliphatic carbocycles. The average Bonchev–Trinajstić information content (AvgIpc) is 3.08. The predicted molar refractivity (Wildman–Crippen MR) is 107 cm³/mol. The molecule has 144 valence electrons. The van der Waals surface area contributed by atoms with Crippen LogP contribution >= 0.6 is 11.3 Å². The fourth-order valence-corrected chi connectivity index (χ4v) is 4.96. The number of benzene rings is 1. The van der Waals surface area contributed by atoms with Gasteiger partial charge in [0, 0.05) is 18.5 Å². The highest BCUT2D eigenvalue weighted by molar-refractivity contribution is 7.15. The van der Waals surface area contributed by atoms with Crippen LogP contribution in [0.2, 0.25) is 0 Å². The number of carbonyl (C=O) groups is 2. The van der Waals surface area contributed by atoms with Crippen LogP contribution in [0, 0.1) is 18.8 Å². The molecular weight excluding hydrogens is 360 g/mol. The number of nitrogens with zero attached hydrogens (tertiary/aromatic N) is 2. The first-order chi connectivity index (χ1) is 12.9.